The van der Waals surface area contributed by atoms with Gasteiger partial charge in [0.25, 0.3) is 0 Å². The van der Waals surface area contributed by atoms with Crippen LogP contribution >= 0.6 is 47.2 Å². The number of halogens is 3. The maximum Gasteiger partial charge on any atom is 0.191 e. The molecule has 0 saturated carbocycles. The third-order valence-corrected chi connectivity index (χ3v) is 5.05. The first-order chi connectivity index (χ1) is 12.5. The number of rotatable bonds is 5. The van der Waals surface area contributed by atoms with E-state index in [9.17, 15) is 0 Å². The van der Waals surface area contributed by atoms with Crippen LogP contribution in [0, 0.1) is 6.92 Å². The largest absolute Gasteiger partial charge is 0.356 e. The highest BCUT2D eigenvalue weighted by molar-refractivity contribution is 14.0. The molecule has 1 atom stereocenters. The van der Waals surface area contributed by atoms with Gasteiger partial charge in [0.05, 0.1) is 6.54 Å². The topological polar surface area (TPSA) is 67.1 Å². The second-order valence-electron chi connectivity index (χ2n) is 6.48. The van der Waals surface area contributed by atoms with Crippen LogP contribution in [0.25, 0.3) is 0 Å². The van der Waals surface area contributed by atoms with Crippen LogP contribution in [0.15, 0.2) is 23.2 Å². The van der Waals surface area contributed by atoms with E-state index in [4.69, 9.17) is 23.2 Å². The zero-order valence-corrected chi connectivity index (χ0v) is 19.3. The minimum Gasteiger partial charge on any atom is -0.356 e. The Morgan fingerprint density at radius 1 is 1.37 bits per heavy atom. The molecule has 9 heteroatoms. The Hall–Kier alpha value is -1.06. The van der Waals surface area contributed by atoms with E-state index in [1.165, 1.54) is 0 Å². The lowest BCUT2D eigenvalue weighted by molar-refractivity contribution is 0.392. The van der Waals surface area contributed by atoms with Crippen LogP contribution in [0.1, 0.15) is 30.1 Å². The van der Waals surface area contributed by atoms with Crippen LogP contribution in [0.2, 0.25) is 10.0 Å². The number of benzene rings is 1. The lowest BCUT2D eigenvalue weighted by atomic mass is 10.1. The number of nitrogens with zero attached hydrogens (tertiary/aromatic N) is 4. The molecule has 0 fully saturated rings. The predicted octanol–water partition coefficient (Wildman–Crippen LogP) is 3.62. The van der Waals surface area contributed by atoms with Gasteiger partial charge in [-0.05, 0) is 43.9 Å². The van der Waals surface area contributed by atoms with E-state index in [1.807, 2.05) is 23.7 Å². The Morgan fingerprint density at radius 3 is 2.93 bits per heavy atom. The molecule has 0 bridgehead atoms. The first-order valence-corrected chi connectivity index (χ1v) is 9.62. The quantitative estimate of drug-likeness (QED) is 0.272. The summed E-state index contributed by atoms with van der Waals surface area (Å²) >= 11 is 12.1. The third kappa shape index (κ3) is 6.22. The normalized spacial score (nSPS) is 16.4. The van der Waals surface area contributed by atoms with E-state index >= 15 is 0 Å². The Morgan fingerprint density at radius 2 is 2.19 bits per heavy atom. The van der Waals surface area contributed by atoms with Crippen molar-refractivity contribution in [3.05, 3.63) is 45.5 Å². The molecule has 148 valence electrons. The van der Waals surface area contributed by atoms with Crippen molar-refractivity contribution < 1.29 is 0 Å². The van der Waals surface area contributed by atoms with Crippen molar-refractivity contribution in [2.45, 2.75) is 45.2 Å². The summed E-state index contributed by atoms with van der Waals surface area (Å²) < 4.78 is 1.99. The molecule has 27 heavy (non-hydrogen) atoms. The molecule has 0 amide bonds. The van der Waals surface area contributed by atoms with Crippen LogP contribution in [-0.2, 0) is 19.4 Å². The summed E-state index contributed by atoms with van der Waals surface area (Å²) in [6.07, 6.45) is 3.81. The maximum atomic E-state index is 6.22. The lowest BCUT2D eigenvalue weighted by Gasteiger charge is -2.25. The molecule has 2 heterocycles. The number of aliphatic imine (C=N–C) groups is 1. The van der Waals surface area contributed by atoms with Gasteiger partial charge in [0.15, 0.2) is 5.96 Å². The molecule has 1 unspecified atom stereocenters. The summed E-state index contributed by atoms with van der Waals surface area (Å²) in [7, 11) is 1.79. The SMILES string of the molecule is CN=C(NCCCc1ccc(Cl)cc1Cl)NC1CCc2nc(C)nn2C1.I. The average Bonchev–Trinajstić information content (AvgIpc) is 2.98. The van der Waals surface area contributed by atoms with Gasteiger partial charge < -0.3 is 10.6 Å². The zero-order chi connectivity index (χ0) is 18.5. The standard InChI is InChI=1S/C18H24Cl2N6.HI/c1-12-23-17-8-7-15(11-26(17)25-12)24-18(21-2)22-9-3-4-13-5-6-14(19)10-16(13)20;/h5-6,10,15H,3-4,7-9,11H2,1-2H3,(H2,21,22,24);1H. The third-order valence-electron chi connectivity index (χ3n) is 4.46. The molecule has 1 aromatic carbocycles. The average molecular weight is 523 g/mol. The summed E-state index contributed by atoms with van der Waals surface area (Å²) in [6, 6.07) is 5.95. The number of hydrogen-bond donors (Lipinski definition) is 2. The molecular formula is C18H25Cl2IN6. The van der Waals surface area contributed by atoms with Gasteiger partial charge >= 0.3 is 0 Å². The second kappa shape index (κ2) is 10.5. The summed E-state index contributed by atoms with van der Waals surface area (Å²) in [5.74, 6) is 2.73. The van der Waals surface area contributed by atoms with Gasteiger partial charge in [-0.15, -0.1) is 24.0 Å². The highest BCUT2D eigenvalue weighted by Gasteiger charge is 2.21. The first-order valence-electron chi connectivity index (χ1n) is 8.86. The van der Waals surface area contributed by atoms with Crippen LogP contribution < -0.4 is 10.6 Å². The van der Waals surface area contributed by atoms with E-state index < -0.39 is 0 Å². The molecule has 0 spiro atoms. The highest BCUT2D eigenvalue weighted by atomic mass is 127. The predicted molar refractivity (Wildman–Crippen MR) is 122 cm³/mol. The molecule has 1 aliphatic heterocycles. The van der Waals surface area contributed by atoms with E-state index in [2.05, 4.69) is 25.7 Å². The van der Waals surface area contributed by atoms with Crippen molar-refractivity contribution in [2.75, 3.05) is 13.6 Å². The van der Waals surface area contributed by atoms with E-state index in [0.717, 1.165) is 67.0 Å². The van der Waals surface area contributed by atoms with Gasteiger partial charge in [-0.25, -0.2) is 9.67 Å². The van der Waals surface area contributed by atoms with E-state index in [-0.39, 0.29) is 24.0 Å². The van der Waals surface area contributed by atoms with Gasteiger partial charge in [0.1, 0.15) is 11.6 Å². The molecule has 0 saturated heterocycles. The number of aromatic nitrogens is 3. The van der Waals surface area contributed by atoms with Gasteiger partial charge in [-0.3, -0.25) is 4.99 Å². The van der Waals surface area contributed by atoms with Gasteiger partial charge in [-0.1, -0.05) is 29.3 Å². The minimum atomic E-state index is 0. The number of nitrogens with one attached hydrogen (secondary N) is 2. The molecule has 1 aromatic heterocycles. The van der Waals surface area contributed by atoms with E-state index in [1.54, 1.807) is 13.1 Å². The fourth-order valence-electron chi connectivity index (χ4n) is 3.15. The van der Waals surface area contributed by atoms with Crippen molar-refractivity contribution >= 4 is 53.1 Å². The van der Waals surface area contributed by atoms with Crippen molar-refractivity contribution in [1.82, 2.24) is 25.4 Å². The number of guanidine groups is 1. The van der Waals surface area contributed by atoms with Crippen LogP contribution in [0.3, 0.4) is 0 Å². The summed E-state index contributed by atoms with van der Waals surface area (Å²) in [5.41, 5.74) is 1.11. The van der Waals surface area contributed by atoms with Gasteiger partial charge in [0, 0.05) is 36.1 Å². The Bertz CT molecular complexity index is 792. The van der Waals surface area contributed by atoms with Crippen molar-refractivity contribution in [3.63, 3.8) is 0 Å². The molecule has 3 rings (SSSR count). The van der Waals surface area contributed by atoms with Crippen molar-refractivity contribution in [2.24, 2.45) is 4.99 Å². The first kappa shape index (κ1) is 22.2. The number of fused-ring (bicyclic) bond motifs is 1. The Balaban J connectivity index is 0.00000261. The van der Waals surface area contributed by atoms with Crippen LogP contribution in [0.5, 0.6) is 0 Å². The summed E-state index contributed by atoms with van der Waals surface area (Å²) in [4.78, 5) is 8.77. The molecule has 0 aliphatic carbocycles. The van der Waals surface area contributed by atoms with Gasteiger partial charge in [0.2, 0.25) is 0 Å². The molecule has 0 radical (unpaired) electrons. The van der Waals surface area contributed by atoms with Crippen molar-refractivity contribution in [1.29, 1.82) is 0 Å². The lowest BCUT2D eigenvalue weighted by Crippen LogP contribution is -2.47. The summed E-state index contributed by atoms with van der Waals surface area (Å²) in [6.45, 7) is 3.57. The molecule has 2 N–H and O–H groups in total. The fourth-order valence-corrected chi connectivity index (χ4v) is 3.65. The smallest absolute Gasteiger partial charge is 0.191 e. The number of hydrogen-bond acceptors (Lipinski definition) is 3. The minimum absolute atomic E-state index is 0. The van der Waals surface area contributed by atoms with E-state index in [0.29, 0.717) is 11.1 Å². The molecule has 1 aliphatic rings. The second-order valence-corrected chi connectivity index (χ2v) is 7.32. The maximum absolute atomic E-state index is 6.22. The van der Waals surface area contributed by atoms with Crippen LogP contribution in [0.4, 0.5) is 0 Å². The molecule has 6 nitrogen and oxygen atoms in total. The zero-order valence-electron chi connectivity index (χ0n) is 15.5. The van der Waals surface area contributed by atoms with Crippen LogP contribution in [-0.4, -0.2) is 40.4 Å². The highest BCUT2D eigenvalue weighted by Crippen LogP contribution is 2.21. The molecule has 2 aromatic rings. The Labute approximate surface area is 187 Å². The Kier molecular flexibility index (Phi) is 8.62. The van der Waals surface area contributed by atoms with Gasteiger partial charge in [-0.2, -0.15) is 5.10 Å². The van der Waals surface area contributed by atoms with Crippen molar-refractivity contribution in [3.8, 4) is 0 Å². The summed E-state index contributed by atoms with van der Waals surface area (Å²) in [5, 5.41) is 12.7. The fraction of sp³-hybridized carbons (Fsp3) is 0.500. The number of aryl methyl sites for hydroxylation is 3. The molecular weight excluding hydrogens is 498 g/mol. The monoisotopic (exact) mass is 522 g/mol.